The van der Waals surface area contributed by atoms with Gasteiger partial charge in [0.2, 0.25) is 5.91 Å². The number of amides is 1. The summed E-state index contributed by atoms with van der Waals surface area (Å²) >= 11 is 0. The van der Waals surface area contributed by atoms with Crippen molar-refractivity contribution in [2.75, 3.05) is 10.6 Å². The Kier molecular flexibility index (Phi) is 5.53. The predicted molar refractivity (Wildman–Crippen MR) is 91.1 cm³/mol. The van der Waals surface area contributed by atoms with Crippen LogP contribution in [0.15, 0.2) is 42.6 Å². The molecule has 22 heavy (non-hydrogen) atoms. The van der Waals surface area contributed by atoms with E-state index in [-0.39, 0.29) is 5.91 Å². The van der Waals surface area contributed by atoms with E-state index in [1.165, 1.54) is 5.56 Å². The number of anilines is 2. The highest BCUT2D eigenvalue weighted by Gasteiger charge is 2.05. The zero-order valence-electron chi connectivity index (χ0n) is 13.4. The van der Waals surface area contributed by atoms with E-state index >= 15 is 0 Å². The number of carbonyl (C=O) groups excluding carboxylic acids is 1. The van der Waals surface area contributed by atoms with Gasteiger partial charge in [0.05, 0.1) is 18.3 Å². The van der Waals surface area contributed by atoms with Crippen molar-refractivity contribution in [1.29, 1.82) is 0 Å². The van der Waals surface area contributed by atoms with E-state index in [0.29, 0.717) is 18.3 Å². The number of hydrogen-bond acceptors (Lipinski definition) is 3. The van der Waals surface area contributed by atoms with Gasteiger partial charge in [-0.15, -0.1) is 0 Å². The fraction of sp³-hybridized carbons (Fsp3) is 0.333. The molecule has 4 heteroatoms. The van der Waals surface area contributed by atoms with Gasteiger partial charge in [0.25, 0.3) is 0 Å². The molecule has 1 unspecified atom stereocenters. The molecule has 0 aliphatic heterocycles. The van der Waals surface area contributed by atoms with Gasteiger partial charge >= 0.3 is 0 Å². The molecule has 1 aromatic heterocycles. The first-order chi connectivity index (χ1) is 10.6. The average molecular weight is 297 g/mol. The first-order valence-corrected chi connectivity index (χ1v) is 7.65. The van der Waals surface area contributed by atoms with Crippen LogP contribution in [-0.2, 0) is 11.2 Å². The van der Waals surface area contributed by atoms with Gasteiger partial charge in [0, 0.05) is 6.04 Å². The summed E-state index contributed by atoms with van der Waals surface area (Å²) in [5, 5.41) is 6.16. The fourth-order valence-electron chi connectivity index (χ4n) is 2.02. The Morgan fingerprint density at radius 3 is 2.50 bits per heavy atom. The predicted octanol–water partition coefficient (Wildman–Crippen LogP) is 3.78. The second kappa shape index (κ2) is 7.59. The monoisotopic (exact) mass is 297 g/mol. The summed E-state index contributed by atoms with van der Waals surface area (Å²) in [7, 11) is 0. The highest BCUT2D eigenvalue weighted by atomic mass is 16.1. The largest absolute Gasteiger partial charge is 0.381 e. The topological polar surface area (TPSA) is 54.0 Å². The number of hydrogen-bond donors (Lipinski definition) is 2. The summed E-state index contributed by atoms with van der Waals surface area (Å²) < 4.78 is 0. The molecule has 0 fully saturated rings. The van der Waals surface area contributed by atoms with Crippen molar-refractivity contribution in [3.63, 3.8) is 0 Å². The lowest BCUT2D eigenvalue weighted by Gasteiger charge is -2.13. The van der Waals surface area contributed by atoms with Gasteiger partial charge in [-0.3, -0.25) is 4.79 Å². The lowest BCUT2D eigenvalue weighted by atomic mass is 10.1. The van der Waals surface area contributed by atoms with Crippen molar-refractivity contribution in [2.24, 2.45) is 0 Å². The molecule has 1 aromatic carbocycles. The molecule has 4 nitrogen and oxygen atoms in total. The number of aryl methyl sites for hydroxylation is 1. The third-order valence-corrected chi connectivity index (χ3v) is 3.54. The van der Waals surface area contributed by atoms with Crippen LogP contribution in [-0.4, -0.2) is 16.9 Å². The Morgan fingerprint density at radius 2 is 1.91 bits per heavy atom. The van der Waals surface area contributed by atoms with Crippen LogP contribution in [0, 0.1) is 6.92 Å². The van der Waals surface area contributed by atoms with Crippen molar-refractivity contribution in [1.82, 2.24) is 4.98 Å². The smallest absolute Gasteiger partial charge is 0.229 e. The molecule has 1 amide bonds. The Labute approximate surface area is 132 Å². The maximum absolute atomic E-state index is 12.0. The van der Waals surface area contributed by atoms with Crippen LogP contribution >= 0.6 is 0 Å². The maximum atomic E-state index is 12.0. The van der Waals surface area contributed by atoms with Gasteiger partial charge in [0.15, 0.2) is 0 Å². The van der Waals surface area contributed by atoms with Crippen molar-refractivity contribution >= 4 is 17.4 Å². The first-order valence-electron chi connectivity index (χ1n) is 7.65. The van der Waals surface area contributed by atoms with E-state index in [4.69, 9.17) is 0 Å². The van der Waals surface area contributed by atoms with Crippen molar-refractivity contribution < 1.29 is 4.79 Å². The molecule has 0 bridgehead atoms. The van der Waals surface area contributed by atoms with E-state index in [1.807, 2.05) is 43.3 Å². The van der Waals surface area contributed by atoms with Gasteiger partial charge in [-0.1, -0.05) is 36.8 Å². The zero-order chi connectivity index (χ0) is 15.9. The molecule has 1 heterocycles. The second-order valence-corrected chi connectivity index (χ2v) is 5.60. The van der Waals surface area contributed by atoms with E-state index < -0.39 is 0 Å². The van der Waals surface area contributed by atoms with Crippen molar-refractivity contribution in [3.8, 4) is 0 Å². The number of pyridine rings is 1. The molecular weight excluding hydrogens is 274 g/mol. The standard InChI is InChI=1S/C18H23N3O/c1-4-14(3)20-16-9-10-17(19-12-16)21-18(22)11-15-7-5-13(2)6-8-15/h5-10,12,14,20H,4,11H2,1-3H3,(H,19,21,22). The molecule has 0 spiro atoms. The van der Waals surface area contributed by atoms with E-state index in [1.54, 1.807) is 6.20 Å². The molecule has 116 valence electrons. The molecule has 2 rings (SSSR count). The van der Waals surface area contributed by atoms with Crippen LogP contribution in [0.2, 0.25) is 0 Å². The molecule has 1 atom stereocenters. The summed E-state index contributed by atoms with van der Waals surface area (Å²) in [4.78, 5) is 16.3. The number of carbonyl (C=O) groups is 1. The minimum atomic E-state index is -0.0565. The lowest BCUT2D eigenvalue weighted by Crippen LogP contribution is -2.16. The summed E-state index contributed by atoms with van der Waals surface area (Å²) in [6, 6.07) is 12.1. The molecule has 2 aromatic rings. The summed E-state index contributed by atoms with van der Waals surface area (Å²) in [5.41, 5.74) is 3.15. The van der Waals surface area contributed by atoms with Crippen molar-refractivity contribution in [3.05, 3.63) is 53.7 Å². The van der Waals surface area contributed by atoms with Gasteiger partial charge in [-0.2, -0.15) is 0 Å². The third kappa shape index (κ3) is 4.88. The third-order valence-electron chi connectivity index (χ3n) is 3.54. The second-order valence-electron chi connectivity index (χ2n) is 5.60. The highest BCUT2D eigenvalue weighted by Crippen LogP contribution is 2.12. The summed E-state index contributed by atoms with van der Waals surface area (Å²) in [5.74, 6) is 0.519. The molecule has 0 saturated carbocycles. The minimum absolute atomic E-state index is 0.0565. The Bertz CT molecular complexity index is 605. The van der Waals surface area contributed by atoms with Crippen LogP contribution in [0.25, 0.3) is 0 Å². The summed E-state index contributed by atoms with van der Waals surface area (Å²) in [6.45, 7) is 6.28. The van der Waals surface area contributed by atoms with Crippen LogP contribution in [0.1, 0.15) is 31.4 Å². The molecule has 0 aliphatic carbocycles. The average Bonchev–Trinajstić information content (AvgIpc) is 2.51. The molecule has 2 N–H and O–H groups in total. The summed E-state index contributed by atoms with van der Waals surface area (Å²) in [6.07, 6.45) is 3.15. The molecule has 0 saturated heterocycles. The maximum Gasteiger partial charge on any atom is 0.229 e. The SMILES string of the molecule is CCC(C)Nc1ccc(NC(=O)Cc2ccc(C)cc2)nc1. The number of benzene rings is 1. The number of aromatic nitrogens is 1. The molecular formula is C18H23N3O. The first kappa shape index (κ1) is 16.0. The van der Waals surface area contributed by atoms with Gasteiger partial charge in [0.1, 0.15) is 5.82 Å². The van der Waals surface area contributed by atoms with Gasteiger partial charge < -0.3 is 10.6 Å². The lowest BCUT2D eigenvalue weighted by molar-refractivity contribution is -0.115. The van der Waals surface area contributed by atoms with Crippen molar-refractivity contribution in [2.45, 2.75) is 39.7 Å². The number of rotatable bonds is 6. The van der Waals surface area contributed by atoms with Crippen LogP contribution in [0.3, 0.4) is 0 Å². The van der Waals surface area contributed by atoms with Crippen LogP contribution < -0.4 is 10.6 Å². The van der Waals surface area contributed by atoms with Crippen LogP contribution in [0.5, 0.6) is 0 Å². The van der Waals surface area contributed by atoms with Gasteiger partial charge in [-0.05, 0) is 38.0 Å². The zero-order valence-corrected chi connectivity index (χ0v) is 13.4. The molecule has 0 radical (unpaired) electrons. The van der Waals surface area contributed by atoms with Crippen LogP contribution in [0.4, 0.5) is 11.5 Å². The Balaban J connectivity index is 1.90. The molecule has 0 aliphatic rings. The number of nitrogens with zero attached hydrogens (tertiary/aromatic N) is 1. The van der Waals surface area contributed by atoms with E-state index in [0.717, 1.165) is 17.7 Å². The Hall–Kier alpha value is -2.36. The van der Waals surface area contributed by atoms with E-state index in [2.05, 4.69) is 29.5 Å². The highest BCUT2D eigenvalue weighted by molar-refractivity contribution is 5.91. The quantitative estimate of drug-likeness (QED) is 0.853. The normalized spacial score (nSPS) is 11.8. The fourth-order valence-corrected chi connectivity index (χ4v) is 2.02. The van der Waals surface area contributed by atoms with E-state index in [9.17, 15) is 4.79 Å². The van der Waals surface area contributed by atoms with Gasteiger partial charge in [-0.25, -0.2) is 4.98 Å². The minimum Gasteiger partial charge on any atom is -0.381 e. The Morgan fingerprint density at radius 1 is 1.18 bits per heavy atom. The number of nitrogens with one attached hydrogen (secondary N) is 2.